The Balaban J connectivity index is 1.66. The zero-order chi connectivity index (χ0) is 31.9. The van der Waals surface area contributed by atoms with Crippen LogP contribution in [0.3, 0.4) is 0 Å². The maximum Gasteiger partial charge on any atom is 0.316 e. The number of nitrogens with one attached hydrogen (secondary N) is 1. The Morgan fingerprint density at radius 2 is 1.49 bits per heavy atom. The highest BCUT2D eigenvalue weighted by molar-refractivity contribution is 6.02. The van der Waals surface area contributed by atoms with Gasteiger partial charge in [0, 0.05) is 26.7 Å². The third-order valence-corrected chi connectivity index (χ3v) is 6.94. The lowest BCUT2D eigenvalue weighted by Gasteiger charge is -2.19. The number of hydrogen-bond donors (Lipinski definition) is 1. The zero-order valence-electron chi connectivity index (χ0n) is 25.9. The SMILES string of the molecule is CCNC(=O)c1noc(-c2cc(C(C)C)c(OCc3ccccc3)cc2OCc2ccccc2)c1-c1noc(C(=O)N(C)C)n1. The smallest absolute Gasteiger partial charge is 0.316 e. The van der Waals surface area contributed by atoms with Gasteiger partial charge < -0.3 is 28.7 Å². The van der Waals surface area contributed by atoms with Gasteiger partial charge in [0.15, 0.2) is 11.5 Å². The molecule has 0 fully saturated rings. The fourth-order valence-electron chi connectivity index (χ4n) is 4.61. The van der Waals surface area contributed by atoms with Gasteiger partial charge in [0.1, 0.15) is 30.3 Å². The fraction of sp³-hybridized carbons (Fsp3) is 0.265. The number of carbonyl (C=O) groups is 2. The summed E-state index contributed by atoms with van der Waals surface area (Å²) in [6, 6.07) is 23.4. The van der Waals surface area contributed by atoms with Crippen molar-refractivity contribution in [1.82, 2.24) is 25.5 Å². The molecule has 2 heterocycles. The highest BCUT2D eigenvalue weighted by Gasteiger charge is 2.31. The molecule has 11 nitrogen and oxygen atoms in total. The summed E-state index contributed by atoms with van der Waals surface area (Å²) in [6.45, 7) is 6.87. The monoisotopic (exact) mass is 609 g/mol. The second-order valence-electron chi connectivity index (χ2n) is 10.8. The van der Waals surface area contributed by atoms with Crippen LogP contribution in [0.15, 0.2) is 81.8 Å². The Labute approximate surface area is 261 Å². The molecule has 0 radical (unpaired) electrons. The van der Waals surface area contributed by atoms with Crippen molar-refractivity contribution in [3.05, 3.63) is 101 Å². The largest absolute Gasteiger partial charge is 0.488 e. The van der Waals surface area contributed by atoms with Crippen molar-refractivity contribution >= 4 is 11.8 Å². The quantitative estimate of drug-likeness (QED) is 0.177. The summed E-state index contributed by atoms with van der Waals surface area (Å²) in [4.78, 5) is 31.3. The number of rotatable bonds is 12. The molecule has 0 atom stereocenters. The third-order valence-electron chi connectivity index (χ3n) is 6.94. The molecule has 1 N–H and O–H groups in total. The van der Waals surface area contributed by atoms with E-state index in [1.165, 1.54) is 4.90 Å². The molecule has 0 bridgehead atoms. The number of aromatic nitrogens is 3. The van der Waals surface area contributed by atoms with Crippen molar-refractivity contribution in [2.45, 2.75) is 39.9 Å². The maximum absolute atomic E-state index is 13.1. The lowest BCUT2D eigenvalue weighted by atomic mass is 9.96. The molecule has 45 heavy (non-hydrogen) atoms. The second kappa shape index (κ2) is 13.9. The summed E-state index contributed by atoms with van der Waals surface area (Å²) in [5.41, 5.74) is 3.47. The first-order valence-corrected chi connectivity index (χ1v) is 14.6. The van der Waals surface area contributed by atoms with Crippen molar-refractivity contribution in [3.63, 3.8) is 0 Å². The van der Waals surface area contributed by atoms with E-state index in [9.17, 15) is 9.59 Å². The molecule has 11 heteroatoms. The Morgan fingerprint density at radius 3 is 2.07 bits per heavy atom. The highest BCUT2D eigenvalue weighted by Crippen LogP contribution is 2.44. The van der Waals surface area contributed by atoms with Gasteiger partial charge in [-0.15, -0.1) is 0 Å². The van der Waals surface area contributed by atoms with Crippen LogP contribution in [-0.2, 0) is 13.2 Å². The third kappa shape index (κ3) is 7.04. The van der Waals surface area contributed by atoms with E-state index < -0.39 is 11.8 Å². The first-order valence-electron chi connectivity index (χ1n) is 14.6. The van der Waals surface area contributed by atoms with E-state index in [1.807, 2.05) is 72.8 Å². The van der Waals surface area contributed by atoms with Crippen molar-refractivity contribution in [2.24, 2.45) is 0 Å². The predicted molar refractivity (Wildman–Crippen MR) is 167 cm³/mol. The van der Waals surface area contributed by atoms with Crippen LogP contribution in [0.4, 0.5) is 0 Å². The molecule has 5 aromatic rings. The number of benzene rings is 3. The topological polar surface area (TPSA) is 133 Å². The first-order chi connectivity index (χ1) is 21.8. The predicted octanol–water partition coefficient (Wildman–Crippen LogP) is 6.12. The number of amides is 2. The van der Waals surface area contributed by atoms with E-state index in [1.54, 1.807) is 21.0 Å². The van der Waals surface area contributed by atoms with Crippen LogP contribution in [0, 0.1) is 0 Å². The van der Waals surface area contributed by atoms with E-state index in [0.717, 1.165) is 16.7 Å². The summed E-state index contributed by atoms with van der Waals surface area (Å²) in [6.07, 6.45) is 0. The van der Waals surface area contributed by atoms with E-state index >= 15 is 0 Å². The van der Waals surface area contributed by atoms with Crippen LogP contribution < -0.4 is 14.8 Å². The zero-order valence-corrected chi connectivity index (χ0v) is 25.9. The molecule has 5 rings (SSSR count). The number of ether oxygens (including phenoxy) is 2. The molecule has 0 spiro atoms. The normalized spacial score (nSPS) is 11.0. The summed E-state index contributed by atoms with van der Waals surface area (Å²) < 4.78 is 23.9. The average molecular weight is 610 g/mol. The summed E-state index contributed by atoms with van der Waals surface area (Å²) >= 11 is 0. The van der Waals surface area contributed by atoms with Crippen molar-refractivity contribution in [3.8, 4) is 34.2 Å². The summed E-state index contributed by atoms with van der Waals surface area (Å²) in [5.74, 6) is 0.0520. The standard InChI is InChI=1S/C34H35N5O6/c1-6-35-32(40)29-28(31-36-33(45-38-31)34(41)39(4)5)30(44-37-29)25-17-24(21(2)3)26(42-19-22-13-9-7-10-14-22)18-27(25)43-20-23-15-11-8-12-16-23/h7-18,21H,6,19-20H2,1-5H3,(H,35,40). The van der Waals surface area contributed by atoms with Gasteiger partial charge in [0.2, 0.25) is 5.82 Å². The van der Waals surface area contributed by atoms with Crippen LogP contribution in [0.25, 0.3) is 22.7 Å². The Bertz CT molecular complexity index is 1760. The molecule has 2 amide bonds. The Hall–Kier alpha value is -5.45. The number of hydrogen-bond acceptors (Lipinski definition) is 9. The van der Waals surface area contributed by atoms with Gasteiger partial charge in [-0.2, -0.15) is 4.98 Å². The van der Waals surface area contributed by atoms with Crippen molar-refractivity contribution in [1.29, 1.82) is 0 Å². The van der Waals surface area contributed by atoms with E-state index in [4.69, 9.17) is 18.5 Å². The molecule has 232 valence electrons. The maximum atomic E-state index is 13.1. The Morgan fingerprint density at radius 1 is 0.867 bits per heavy atom. The molecule has 0 saturated heterocycles. The van der Waals surface area contributed by atoms with Crippen LogP contribution in [-0.4, -0.2) is 52.7 Å². The van der Waals surface area contributed by atoms with E-state index in [-0.39, 0.29) is 41.3 Å². The summed E-state index contributed by atoms with van der Waals surface area (Å²) in [7, 11) is 3.14. The minimum Gasteiger partial charge on any atom is -0.488 e. The molecule has 0 aliphatic heterocycles. The molecular formula is C34H35N5O6. The van der Waals surface area contributed by atoms with Gasteiger partial charge in [-0.3, -0.25) is 9.59 Å². The van der Waals surface area contributed by atoms with Gasteiger partial charge in [-0.1, -0.05) is 84.8 Å². The minimum atomic E-state index is -0.494. The van der Waals surface area contributed by atoms with E-state index in [2.05, 4.69) is 34.5 Å². The van der Waals surface area contributed by atoms with Gasteiger partial charge in [0.25, 0.3) is 5.91 Å². The van der Waals surface area contributed by atoms with Crippen LogP contribution >= 0.6 is 0 Å². The molecule has 3 aromatic carbocycles. The Kier molecular flexibility index (Phi) is 9.57. The molecule has 2 aromatic heterocycles. The molecule has 0 aliphatic carbocycles. The van der Waals surface area contributed by atoms with Gasteiger partial charge in [-0.25, -0.2) is 0 Å². The van der Waals surface area contributed by atoms with Gasteiger partial charge >= 0.3 is 11.8 Å². The molecule has 0 aliphatic rings. The molecule has 0 saturated carbocycles. The second-order valence-corrected chi connectivity index (χ2v) is 10.8. The van der Waals surface area contributed by atoms with Crippen molar-refractivity contribution < 1.29 is 28.1 Å². The average Bonchev–Trinajstić information content (AvgIpc) is 3.71. The number of nitrogens with zero attached hydrogens (tertiary/aromatic N) is 4. The first kappa shape index (κ1) is 31.0. The minimum absolute atomic E-state index is 0.0257. The van der Waals surface area contributed by atoms with E-state index in [0.29, 0.717) is 30.2 Å². The molecule has 0 unspecified atom stereocenters. The lowest BCUT2D eigenvalue weighted by Crippen LogP contribution is -2.23. The summed E-state index contributed by atoms with van der Waals surface area (Å²) in [5, 5.41) is 10.9. The van der Waals surface area contributed by atoms with Gasteiger partial charge in [-0.05, 0) is 35.6 Å². The lowest BCUT2D eigenvalue weighted by molar-refractivity contribution is 0.0779. The van der Waals surface area contributed by atoms with Gasteiger partial charge in [0.05, 0.1) is 5.56 Å². The molecular weight excluding hydrogens is 574 g/mol. The fourth-order valence-corrected chi connectivity index (χ4v) is 4.61. The van der Waals surface area contributed by atoms with Crippen LogP contribution in [0.1, 0.15) is 64.6 Å². The van der Waals surface area contributed by atoms with Crippen LogP contribution in [0.5, 0.6) is 11.5 Å². The van der Waals surface area contributed by atoms with Crippen LogP contribution in [0.2, 0.25) is 0 Å². The highest BCUT2D eigenvalue weighted by atomic mass is 16.5. The van der Waals surface area contributed by atoms with Crippen molar-refractivity contribution in [2.75, 3.05) is 20.6 Å². The number of carbonyl (C=O) groups excluding carboxylic acids is 2.